The van der Waals surface area contributed by atoms with Crippen LogP contribution in [0.2, 0.25) is 0 Å². The van der Waals surface area contributed by atoms with Crippen LogP contribution in [0.1, 0.15) is 13.8 Å². The average molecular weight is 380 g/mol. The molecule has 2 aliphatic rings. The zero-order chi connectivity index (χ0) is 11.5. The first kappa shape index (κ1) is 12.3. The van der Waals surface area contributed by atoms with Crippen LogP contribution in [0.15, 0.2) is 47.6 Å². The molecule has 2 rings (SSSR count). The molecule has 0 radical (unpaired) electrons. The van der Waals surface area contributed by atoms with Crippen LogP contribution < -0.4 is 0 Å². The van der Waals surface area contributed by atoms with E-state index in [4.69, 9.17) is 4.74 Å². The van der Waals surface area contributed by atoms with Crippen molar-refractivity contribution in [3.8, 4) is 0 Å². The normalized spacial score (nSPS) is 29.3. The molecule has 2 heteroatoms. The molecule has 0 bridgehead atoms. The molecule has 0 N–H and O–H groups in total. The second kappa shape index (κ2) is 5.42. The van der Waals surface area contributed by atoms with Gasteiger partial charge in [0.05, 0.1) is 0 Å². The first-order chi connectivity index (χ1) is 7.74. The van der Waals surface area contributed by atoms with Gasteiger partial charge in [-0.1, -0.05) is 0 Å². The number of hydrogen-bond acceptors (Lipinski definition) is 1. The van der Waals surface area contributed by atoms with Crippen molar-refractivity contribution in [1.29, 1.82) is 0 Å². The maximum absolute atomic E-state index is 6.03. The van der Waals surface area contributed by atoms with E-state index in [1.165, 1.54) is 11.1 Å². The van der Waals surface area contributed by atoms with Crippen LogP contribution in [0.25, 0.3) is 0 Å². The molecule has 83 valence electrons. The summed E-state index contributed by atoms with van der Waals surface area (Å²) >= 11 is 1.11. The Morgan fingerprint density at radius 2 is 1.62 bits per heavy atom. The fraction of sp³-hybridized carbons (Fsp3) is 0.429. The molecule has 0 saturated carbocycles. The van der Waals surface area contributed by atoms with E-state index in [0.29, 0.717) is 17.9 Å². The monoisotopic (exact) mass is 381 g/mol. The van der Waals surface area contributed by atoms with Gasteiger partial charge < -0.3 is 0 Å². The predicted molar refractivity (Wildman–Crippen MR) is 62.5 cm³/mol. The molecule has 0 fully saturated rings. The molecule has 2 atom stereocenters. The number of ether oxygens (including phenoxy) is 1. The van der Waals surface area contributed by atoms with Crippen molar-refractivity contribution in [1.82, 2.24) is 0 Å². The SMILES string of the molecule is CC1=CC=CC1C(O[CH2][Hf])C1C=CC=C1C. The summed E-state index contributed by atoms with van der Waals surface area (Å²) in [5, 5.41) is 0. The van der Waals surface area contributed by atoms with Crippen molar-refractivity contribution in [3.63, 3.8) is 0 Å². The van der Waals surface area contributed by atoms with Crippen molar-refractivity contribution in [2.45, 2.75) is 20.0 Å². The molecule has 0 aromatic rings. The third kappa shape index (κ3) is 2.38. The fourth-order valence-corrected chi connectivity index (χ4v) is 3.14. The Balaban J connectivity index is 2.17. The van der Waals surface area contributed by atoms with Crippen LogP contribution in [-0.2, 0) is 29.1 Å². The Morgan fingerprint density at radius 1 is 1.12 bits per heavy atom. The summed E-state index contributed by atoms with van der Waals surface area (Å²) in [6.45, 7) is 4.40. The molecule has 0 amide bonds. The van der Waals surface area contributed by atoms with Gasteiger partial charge in [-0.25, -0.2) is 0 Å². The van der Waals surface area contributed by atoms with E-state index >= 15 is 0 Å². The van der Waals surface area contributed by atoms with Crippen molar-refractivity contribution >= 4 is 0 Å². The predicted octanol–water partition coefficient (Wildman–Crippen LogP) is 3.14. The molecule has 0 aromatic heterocycles. The van der Waals surface area contributed by atoms with Gasteiger partial charge >= 0.3 is 113 Å². The van der Waals surface area contributed by atoms with Crippen molar-refractivity contribution in [3.05, 3.63) is 47.6 Å². The summed E-state index contributed by atoms with van der Waals surface area (Å²) in [7, 11) is 0. The van der Waals surface area contributed by atoms with Crippen molar-refractivity contribution in [2.75, 3.05) is 4.36 Å². The molecule has 1 nitrogen and oxygen atoms in total. The minimum absolute atomic E-state index is 0.294. The van der Waals surface area contributed by atoms with Crippen LogP contribution in [0, 0.1) is 11.8 Å². The molecule has 2 unspecified atom stereocenters. The number of allylic oxidation sites excluding steroid dienone is 4. The standard InChI is InChI=1S/C14H17O.Hf/c1-10-6-4-8-12(10)14(15-3)13-9-5-7-11(13)2;/h4-9,12-14H,3H2,1-2H3;. The molecule has 0 aromatic carbocycles. The second-order valence-electron chi connectivity index (χ2n) is 4.42. The van der Waals surface area contributed by atoms with E-state index in [-0.39, 0.29) is 0 Å². The van der Waals surface area contributed by atoms with E-state index in [0.717, 1.165) is 28.7 Å². The Kier molecular flexibility index (Phi) is 4.15. The van der Waals surface area contributed by atoms with E-state index in [2.05, 4.69) is 50.3 Å². The van der Waals surface area contributed by atoms with Crippen molar-refractivity contribution < 1.29 is 29.1 Å². The third-order valence-corrected chi connectivity index (χ3v) is 3.99. The van der Waals surface area contributed by atoms with E-state index in [9.17, 15) is 0 Å². The van der Waals surface area contributed by atoms with Crippen LogP contribution in [-0.4, -0.2) is 10.5 Å². The zero-order valence-corrected chi connectivity index (χ0v) is 13.4. The molecule has 16 heavy (non-hydrogen) atoms. The maximum atomic E-state index is 6.03. The molecule has 0 saturated heterocycles. The number of hydrogen-bond donors (Lipinski definition) is 0. The van der Waals surface area contributed by atoms with Gasteiger partial charge in [0.25, 0.3) is 0 Å². The fourth-order valence-electron chi connectivity index (χ4n) is 2.44. The van der Waals surface area contributed by atoms with Crippen LogP contribution in [0.3, 0.4) is 0 Å². The van der Waals surface area contributed by atoms with Gasteiger partial charge in [0.1, 0.15) is 0 Å². The molecular formula is C14H17HfO. The Labute approximate surface area is 113 Å². The van der Waals surface area contributed by atoms with Gasteiger partial charge in [-0.2, -0.15) is 0 Å². The summed E-state index contributed by atoms with van der Waals surface area (Å²) in [5.74, 6) is 0.926. The summed E-state index contributed by atoms with van der Waals surface area (Å²) in [6.07, 6.45) is 13.6. The summed E-state index contributed by atoms with van der Waals surface area (Å²) < 4.78 is 6.94. The third-order valence-electron chi connectivity index (χ3n) is 3.39. The quantitative estimate of drug-likeness (QED) is 0.682. The number of rotatable bonds is 4. The van der Waals surface area contributed by atoms with Gasteiger partial charge in [0.15, 0.2) is 0 Å². The summed E-state index contributed by atoms with van der Waals surface area (Å²) in [4.78, 5) is 0. The summed E-state index contributed by atoms with van der Waals surface area (Å²) in [6, 6.07) is 0. The summed E-state index contributed by atoms with van der Waals surface area (Å²) in [5.41, 5.74) is 2.85. The van der Waals surface area contributed by atoms with Gasteiger partial charge in [0, 0.05) is 0 Å². The van der Waals surface area contributed by atoms with E-state index in [1.807, 2.05) is 0 Å². The van der Waals surface area contributed by atoms with Crippen molar-refractivity contribution in [2.24, 2.45) is 11.8 Å². The zero-order valence-electron chi connectivity index (χ0n) is 9.81. The molecule has 0 heterocycles. The van der Waals surface area contributed by atoms with Gasteiger partial charge in [0.2, 0.25) is 0 Å². The Morgan fingerprint density at radius 3 is 1.94 bits per heavy atom. The van der Waals surface area contributed by atoms with Crippen LogP contribution in [0.4, 0.5) is 0 Å². The molecule has 2 aliphatic carbocycles. The molecular weight excluding hydrogens is 363 g/mol. The Bertz CT molecular complexity index is 342. The minimum atomic E-state index is 0.294. The first-order valence-electron chi connectivity index (χ1n) is 5.70. The molecule has 0 spiro atoms. The topological polar surface area (TPSA) is 9.23 Å². The Hall–Kier alpha value is -0.210. The second-order valence-corrected chi connectivity index (χ2v) is 5.46. The average Bonchev–Trinajstić information content (AvgIpc) is 2.84. The van der Waals surface area contributed by atoms with Gasteiger partial charge in [-0.05, 0) is 0 Å². The van der Waals surface area contributed by atoms with E-state index < -0.39 is 0 Å². The van der Waals surface area contributed by atoms with Crippen LogP contribution >= 0.6 is 0 Å². The van der Waals surface area contributed by atoms with Crippen LogP contribution in [0.5, 0.6) is 0 Å². The molecule has 0 aliphatic heterocycles. The van der Waals surface area contributed by atoms with E-state index in [1.54, 1.807) is 0 Å². The van der Waals surface area contributed by atoms with Gasteiger partial charge in [-0.3, -0.25) is 0 Å². The van der Waals surface area contributed by atoms with Gasteiger partial charge in [-0.15, -0.1) is 0 Å². The first-order valence-corrected chi connectivity index (χ1v) is 8.24.